The molecule has 0 aromatic heterocycles. The second-order valence-electron chi connectivity index (χ2n) is 5.16. The minimum Gasteiger partial charge on any atom is -0.357 e. The molecular formula is C16H25FIN3. The Balaban J connectivity index is 0.00000220. The fourth-order valence-corrected chi connectivity index (χ4v) is 2.52. The number of aliphatic imine (C=N–C) groups is 1. The number of nitrogens with one attached hydrogen (secondary N) is 1. The van der Waals surface area contributed by atoms with Gasteiger partial charge in [0, 0.05) is 26.2 Å². The molecule has 5 heteroatoms. The Kier molecular flexibility index (Phi) is 8.64. The highest BCUT2D eigenvalue weighted by Gasteiger charge is 2.14. The first kappa shape index (κ1) is 18.2. The Hall–Kier alpha value is -0.850. The van der Waals surface area contributed by atoms with Crippen molar-refractivity contribution in [3.8, 4) is 0 Å². The van der Waals surface area contributed by atoms with Crippen LogP contribution in [0, 0.1) is 5.82 Å². The molecule has 1 aliphatic rings. The van der Waals surface area contributed by atoms with E-state index in [1.165, 1.54) is 18.9 Å². The Morgan fingerprint density at radius 3 is 2.76 bits per heavy atom. The third kappa shape index (κ3) is 6.20. The molecule has 21 heavy (non-hydrogen) atoms. The van der Waals surface area contributed by atoms with Crippen LogP contribution in [0.15, 0.2) is 29.3 Å². The molecule has 118 valence electrons. The quantitative estimate of drug-likeness (QED) is 0.352. The van der Waals surface area contributed by atoms with Gasteiger partial charge in [0.15, 0.2) is 5.96 Å². The largest absolute Gasteiger partial charge is 0.357 e. The minimum absolute atomic E-state index is 0. The van der Waals surface area contributed by atoms with E-state index in [0.717, 1.165) is 50.5 Å². The summed E-state index contributed by atoms with van der Waals surface area (Å²) in [6.07, 6.45) is 4.34. The summed E-state index contributed by atoms with van der Waals surface area (Å²) in [7, 11) is 0. The highest BCUT2D eigenvalue weighted by atomic mass is 127. The highest BCUT2D eigenvalue weighted by Crippen LogP contribution is 2.09. The standard InChI is InChI=1S/C16H24FN3.HI/c1-2-18-16(20-11-3-4-12-20)19-10-6-8-14-7-5-9-15(17)13-14;/h5,7,9,13H,2-4,6,8,10-12H2,1H3,(H,18,19);1H. The summed E-state index contributed by atoms with van der Waals surface area (Å²) in [6, 6.07) is 6.83. The number of likely N-dealkylation sites (tertiary alicyclic amines) is 1. The predicted octanol–water partition coefficient (Wildman–Crippen LogP) is 3.44. The van der Waals surface area contributed by atoms with Gasteiger partial charge in [0.1, 0.15) is 5.82 Å². The van der Waals surface area contributed by atoms with E-state index in [2.05, 4.69) is 22.1 Å². The average Bonchev–Trinajstić information content (AvgIpc) is 2.96. The van der Waals surface area contributed by atoms with Gasteiger partial charge in [-0.1, -0.05) is 12.1 Å². The van der Waals surface area contributed by atoms with E-state index in [1.54, 1.807) is 12.1 Å². The van der Waals surface area contributed by atoms with E-state index in [-0.39, 0.29) is 29.8 Å². The number of rotatable bonds is 5. The first-order valence-electron chi connectivity index (χ1n) is 7.57. The molecule has 0 aliphatic carbocycles. The lowest BCUT2D eigenvalue weighted by Gasteiger charge is -2.20. The van der Waals surface area contributed by atoms with Crippen LogP contribution >= 0.6 is 24.0 Å². The van der Waals surface area contributed by atoms with E-state index in [1.807, 2.05) is 6.07 Å². The maximum Gasteiger partial charge on any atom is 0.193 e. The molecule has 0 amide bonds. The van der Waals surface area contributed by atoms with Crippen molar-refractivity contribution >= 4 is 29.9 Å². The molecule has 1 fully saturated rings. The topological polar surface area (TPSA) is 27.6 Å². The van der Waals surface area contributed by atoms with Gasteiger partial charge < -0.3 is 10.2 Å². The SMILES string of the molecule is CCNC(=NCCCc1cccc(F)c1)N1CCCC1.I. The van der Waals surface area contributed by atoms with Gasteiger partial charge >= 0.3 is 0 Å². The van der Waals surface area contributed by atoms with Gasteiger partial charge in [-0.15, -0.1) is 24.0 Å². The molecule has 1 saturated heterocycles. The van der Waals surface area contributed by atoms with Gasteiger partial charge in [0.2, 0.25) is 0 Å². The molecule has 2 rings (SSSR count). The lowest BCUT2D eigenvalue weighted by atomic mass is 10.1. The van der Waals surface area contributed by atoms with Crippen molar-refractivity contribution in [2.45, 2.75) is 32.6 Å². The average molecular weight is 405 g/mol. The summed E-state index contributed by atoms with van der Waals surface area (Å²) in [5.41, 5.74) is 1.05. The lowest BCUT2D eigenvalue weighted by Crippen LogP contribution is -2.39. The van der Waals surface area contributed by atoms with E-state index < -0.39 is 0 Å². The van der Waals surface area contributed by atoms with Crippen molar-refractivity contribution in [3.05, 3.63) is 35.6 Å². The first-order valence-corrected chi connectivity index (χ1v) is 7.57. The number of benzene rings is 1. The molecule has 0 atom stereocenters. The number of aryl methyl sites for hydroxylation is 1. The number of hydrogen-bond donors (Lipinski definition) is 1. The Labute approximate surface area is 144 Å². The van der Waals surface area contributed by atoms with E-state index in [9.17, 15) is 4.39 Å². The predicted molar refractivity (Wildman–Crippen MR) is 96.9 cm³/mol. The molecule has 0 saturated carbocycles. The highest BCUT2D eigenvalue weighted by molar-refractivity contribution is 14.0. The van der Waals surface area contributed by atoms with Crippen LogP contribution in [0.3, 0.4) is 0 Å². The Bertz CT molecular complexity index is 445. The summed E-state index contributed by atoms with van der Waals surface area (Å²) in [6.45, 7) is 6.00. The lowest BCUT2D eigenvalue weighted by molar-refractivity contribution is 0.493. The summed E-state index contributed by atoms with van der Waals surface area (Å²) >= 11 is 0. The van der Waals surface area contributed by atoms with Crippen molar-refractivity contribution in [3.63, 3.8) is 0 Å². The zero-order valence-corrected chi connectivity index (χ0v) is 15.0. The van der Waals surface area contributed by atoms with Crippen LogP contribution in [-0.2, 0) is 6.42 Å². The van der Waals surface area contributed by atoms with Crippen LogP contribution < -0.4 is 5.32 Å². The van der Waals surface area contributed by atoms with Crippen molar-refractivity contribution in [2.24, 2.45) is 4.99 Å². The molecule has 1 N–H and O–H groups in total. The first-order chi connectivity index (χ1) is 9.79. The van der Waals surface area contributed by atoms with Crippen molar-refractivity contribution in [1.82, 2.24) is 10.2 Å². The number of guanidine groups is 1. The zero-order valence-electron chi connectivity index (χ0n) is 12.6. The van der Waals surface area contributed by atoms with Gasteiger partial charge in [-0.3, -0.25) is 4.99 Å². The van der Waals surface area contributed by atoms with Crippen LogP contribution in [-0.4, -0.2) is 37.0 Å². The van der Waals surface area contributed by atoms with Gasteiger partial charge in [-0.25, -0.2) is 4.39 Å². The zero-order chi connectivity index (χ0) is 14.2. The molecule has 0 spiro atoms. The molecule has 0 bridgehead atoms. The molecular weight excluding hydrogens is 380 g/mol. The monoisotopic (exact) mass is 405 g/mol. The fourth-order valence-electron chi connectivity index (χ4n) is 2.52. The molecule has 1 heterocycles. The number of nitrogens with zero attached hydrogens (tertiary/aromatic N) is 2. The van der Waals surface area contributed by atoms with Gasteiger partial charge in [-0.2, -0.15) is 0 Å². The molecule has 3 nitrogen and oxygen atoms in total. The molecule has 1 aromatic carbocycles. The van der Waals surface area contributed by atoms with E-state index in [0.29, 0.717) is 0 Å². The van der Waals surface area contributed by atoms with Gasteiger partial charge in [0.25, 0.3) is 0 Å². The normalized spacial score (nSPS) is 15.0. The van der Waals surface area contributed by atoms with Crippen molar-refractivity contribution in [1.29, 1.82) is 0 Å². The van der Waals surface area contributed by atoms with Crippen LogP contribution in [0.1, 0.15) is 31.7 Å². The van der Waals surface area contributed by atoms with Crippen LogP contribution in [0.4, 0.5) is 4.39 Å². The molecule has 1 aromatic rings. The van der Waals surface area contributed by atoms with Crippen molar-refractivity contribution < 1.29 is 4.39 Å². The molecule has 0 radical (unpaired) electrons. The minimum atomic E-state index is -0.156. The van der Waals surface area contributed by atoms with E-state index >= 15 is 0 Å². The Morgan fingerprint density at radius 1 is 1.33 bits per heavy atom. The maximum absolute atomic E-state index is 13.1. The van der Waals surface area contributed by atoms with Crippen molar-refractivity contribution in [2.75, 3.05) is 26.2 Å². The smallest absolute Gasteiger partial charge is 0.193 e. The molecule has 1 aliphatic heterocycles. The maximum atomic E-state index is 13.1. The van der Waals surface area contributed by atoms with Crippen LogP contribution in [0.2, 0.25) is 0 Å². The van der Waals surface area contributed by atoms with Gasteiger partial charge in [-0.05, 0) is 50.3 Å². The summed E-state index contributed by atoms with van der Waals surface area (Å²) in [4.78, 5) is 7.00. The number of hydrogen-bond acceptors (Lipinski definition) is 1. The fraction of sp³-hybridized carbons (Fsp3) is 0.562. The Morgan fingerprint density at radius 2 is 2.10 bits per heavy atom. The van der Waals surface area contributed by atoms with E-state index in [4.69, 9.17) is 0 Å². The summed E-state index contributed by atoms with van der Waals surface area (Å²) in [5.74, 6) is 0.876. The second kappa shape index (κ2) is 9.97. The molecule has 0 unspecified atom stereocenters. The van der Waals surface area contributed by atoms with Crippen LogP contribution in [0.25, 0.3) is 0 Å². The van der Waals surface area contributed by atoms with Gasteiger partial charge in [0.05, 0.1) is 0 Å². The summed E-state index contributed by atoms with van der Waals surface area (Å²) in [5, 5.41) is 3.35. The second-order valence-corrected chi connectivity index (χ2v) is 5.16. The third-order valence-electron chi connectivity index (χ3n) is 3.51. The number of halogens is 2. The summed E-state index contributed by atoms with van der Waals surface area (Å²) < 4.78 is 13.1. The third-order valence-corrected chi connectivity index (χ3v) is 3.51. The van der Waals surface area contributed by atoms with Crippen LogP contribution in [0.5, 0.6) is 0 Å².